The molecule has 54 heavy (non-hydrogen) atoms. The lowest BCUT2D eigenvalue weighted by molar-refractivity contribution is -0.354. The monoisotopic (exact) mass is 779 g/mol. The van der Waals surface area contributed by atoms with Gasteiger partial charge in [-0.25, -0.2) is 4.79 Å². The van der Waals surface area contributed by atoms with Crippen molar-refractivity contribution in [2.45, 2.75) is 125 Å². The van der Waals surface area contributed by atoms with Crippen molar-refractivity contribution >= 4 is 5.97 Å². The van der Waals surface area contributed by atoms with Crippen LogP contribution in [0.25, 0.3) is 0 Å². The largest absolute Gasteiger partial charge is 0.478 e. The third-order valence-corrected chi connectivity index (χ3v) is 10.1. The van der Waals surface area contributed by atoms with Gasteiger partial charge in [-0.3, -0.25) is 4.90 Å². The lowest BCUT2D eigenvalue weighted by Gasteiger charge is -2.48. The van der Waals surface area contributed by atoms with Gasteiger partial charge in [0, 0.05) is 19.6 Å². The fourth-order valence-corrected chi connectivity index (χ4v) is 7.05. The molecular weight excluding hydrogens is 726 g/mol. The lowest BCUT2D eigenvalue weighted by atomic mass is 9.89. The van der Waals surface area contributed by atoms with Gasteiger partial charge in [0.25, 0.3) is 0 Å². The molecule has 20 nitrogen and oxygen atoms in total. The summed E-state index contributed by atoms with van der Waals surface area (Å²) in [5.41, 5.74) is 0.897. The van der Waals surface area contributed by atoms with Gasteiger partial charge in [0.2, 0.25) is 0 Å². The minimum atomic E-state index is -1.82. The Hall–Kier alpha value is -2.03. The van der Waals surface area contributed by atoms with Gasteiger partial charge >= 0.3 is 5.97 Å². The molecule has 4 aliphatic heterocycles. The maximum Gasteiger partial charge on any atom is 0.335 e. The van der Waals surface area contributed by atoms with E-state index in [0.29, 0.717) is 6.54 Å². The van der Waals surface area contributed by atoms with Crippen LogP contribution < -0.4 is 0 Å². The van der Waals surface area contributed by atoms with E-state index >= 15 is 0 Å². The molecule has 0 aromatic heterocycles. The highest BCUT2D eigenvalue weighted by Crippen LogP contribution is 2.33. The van der Waals surface area contributed by atoms with Crippen molar-refractivity contribution in [2.75, 3.05) is 39.5 Å². The average molecular weight is 780 g/mol. The Balaban J connectivity index is 1.26. The van der Waals surface area contributed by atoms with Gasteiger partial charge in [-0.1, -0.05) is 26.0 Å². The molecule has 20 heteroatoms. The third kappa shape index (κ3) is 9.73. The molecule has 0 aliphatic carbocycles. The number of aliphatic hydroxyl groups excluding tert-OH is 10. The number of ether oxygens (including phenoxy) is 7. The number of hydrogen-bond acceptors (Lipinski definition) is 19. The minimum absolute atomic E-state index is 0.111. The Kier molecular flexibility index (Phi) is 15.1. The second kappa shape index (κ2) is 18.9. The minimum Gasteiger partial charge on any atom is -0.478 e. The highest BCUT2D eigenvalue weighted by atomic mass is 16.7. The van der Waals surface area contributed by atoms with E-state index in [-0.39, 0.29) is 31.2 Å². The molecule has 0 bridgehead atoms. The topological polar surface area (TPSA) is 307 Å². The maximum atomic E-state index is 11.3. The summed E-state index contributed by atoms with van der Waals surface area (Å²) < 4.78 is 40.5. The Labute approximate surface area is 310 Å². The molecule has 11 N–H and O–H groups in total. The van der Waals surface area contributed by atoms with E-state index in [1.54, 1.807) is 26.0 Å². The standard InChI is InChI=1S/C34H53NO19/c1-14(2)29-27(44)30(54-34-26(43)25(42)22(39)18(11-37)52-34)24(41)20(50-29)13-48-33-28(45)31(23(40)19(12-38)51-33)53-21-9-35(8-17(10-36)49-21)7-15-3-5-16(6-4-15)32(46)47/h3-6,14,17-31,33-34,36-45H,7-13H2,1-2H3,(H,46,47). The van der Waals surface area contributed by atoms with Gasteiger partial charge in [-0.15, -0.1) is 0 Å². The number of benzene rings is 1. The summed E-state index contributed by atoms with van der Waals surface area (Å²) in [6.07, 6.45) is -24.6. The van der Waals surface area contributed by atoms with Crippen LogP contribution in [0.15, 0.2) is 24.3 Å². The molecule has 1 aromatic rings. The SMILES string of the molecule is CC(C)C1OC(COC2OC(CO)C(O)C(OC3CN(Cc4ccc(C(=O)O)cc4)CC(CO)O3)C2O)C(O)C(OC2OC(CO)C(O)C(O)C2O)C1O. The van der Waals surface area contributed by atoms with Gasteiger partial charge in [0.05, 0.1) is 44.2 Å². The first-order valence-electron chi connectivity index (χ1n) is 17.8. The summed E-state index contributed by atoms with van der Waals surface area (Å²) in [6.45, 7) is 1.86. The van der Waals surface area contributed by atoms with E-state index in [1.807, 2.05) is 4.90 Å². The molecule has 0 radical (unpaired) electrons. The van der Waals surface area contributed by atoms with Crippen molar-refractivity contribution < 1.29 is 94.1 Å². The van der Waals surface area contributed by atoms with Gasteiger partial charge in [-0.05, 0) is 23.6 Å². The molecule has 0 saturated carbocycles. The summed E-state index contributed by atoms with van der Waals surface area (Å²) >= 11 is 0. The number of rotatable bonds is 14. The molecule has 308 valence electrons. The number of nitrogens with zero attached hydrogens (tertiary/aromatic N) is 1. The number of carbonyl (C=O) groups is 1. The van der Waals surface area contributed by atoms with Crippen LogP contribution in [-0.4, -0.2) is 211 Å². The van der Waals surface area contributed by atoms with E-state index < -0.39 is 130 Å². The zero-order valence-electron chi connectivity index (χ0n) is 29.8. The first-order valence-corrected chi connectivity index (χ1v) is 17.8. The van der Waals surface area contributed by atoms with Crippen LogP contribution in [0.5, 0.6) is 0 Å². The van der Waals surface area contributed by atoms with Crippen LogP contribution in [0, 0.1) is 5.92 Å². The van der Waals surface area contributed by atoms with Crippen LogP contribution in [0.2, 0.25) is 0 Å². The molecule has 17 atom stereocenters. The zero-order chi connectivity index (χ0) is 39.4. The normalized spacial score (nSPS) is 42.3. The summed E-state index contributed by atoms with van der Waals surface area (Å²) in [5, 5.41) is 114. The van der Waals surface area contributed by atoms with Crippen LogP contribution in [-0.2, 0) is 39.7 Å². The first kappa shape index (κ1) is 43.1. The Morgan fingerprint density at radius 1 is 0.704 bits per heavy atom. The van der Waals surface area contributed by atoms with E-state index in [2.05, 4.69) is 0 Å². The molecule has 4 heterocycles. The number of carboxylic acids is 1. The predicted molar refractivity (Wildman–Crippen MR) is 177 cm³/mol. The summed E-state index contributed by atoms with van der Waals surface area (Å²) in [7, 11) is 0. The van der Waals surface area contributed by atoms with Crippen molar-refractivity contribution in [3.05, 3.63) is 35.4 Å². The first-order chi connectivity index (χ1) is 25.7. The molecule has 17 unspecified atom stereocenters. The maximum absolute atomic E-state index is 11.3. The average Bonchev–Trinajstić information content (AvgIpc) is 3.15. The molecule has 5 rings (SSSR count). The zero-order valence-corrected chi connectivity index (χ0v) is 29.8. The van der Waals surface area contributed by atoms with E-state index in [9.17, 15) is 61.0 Å². The highest BCUT2D eigenvalue weighted by Gasteiger charge is 2.52. The third-order valence-electron chi connectivity index (χ3n) is 10.1. The van der Waals surface area contributed by atoms with Crippen molar-refractivity contribution in [1.82, 2.24) is 4.90 Å². The quantitative estimate of drug-likeness (QED) is 0.0843. The number of aromatic carboxylic acids is 1. The Bertz CT molecular complexity index is 1320. The predicted octanol–water partition coefficient (Wildman–Crippen LogP) is -4.92. The van der Waals surface area contributed by atoms with Crippen molar-refractivity contribution in [2.24, 2.45) is 5.92 Å². The number of hydrogen-bond donors (Lipinski definition) is 11. The van der Waals surface area contributed by atoms with E-state index in [1.165, 1.54) is 12.1 Å². The number of aliphatic hydroxyl groups is 10. The van der Waals surface area contributed by atoms with E-state index in [0.717, 1.165) is 5.56 Å². The summed E-state index contributed by atoms with van der Waals surface area (Å²) in [5.74, 6) is -1.43. The van der Waals surface area contributed by atoms with Crippen LogP contribution in [0.4, 0.5) is 0 Å². The molecule has 0 spiro atoms. The van der Waals surface area contributed by atoms with Crippen molar-refractivity contribution in [1.29, 1.82) is 0 Å². The molecule has 0 amide bonds. The summed E-state index contributed by atoms with van der Waals surface area (Å²) in [6, 6.07) is 6.25. The second-order valence-electron chi connectivity index (χ2n) is 14.4. The van der Waals surface area contributed by atoms with E-state index in [4.69, 9.17) is 33.2 Å². The van der Waals surface area contributed by atoms with Gasteiger partial charge < -0.3 is 89.3 Å². The Morgan fingerprint density at radius 2 is 1.31 bits per heavy atom. The van der Waals surface area contributed by atoms with Crippen LogP contribution in [0.3, 0.4) is 0 Å². The number of carboxylic acid groups (broad SMARTS) is 1. The smallest absolute Gasteiger partial charge is 0.335 e. The molecule has 4 saturated heterocycles. The molecule has 1 aromatic carbocycles. The van der Waals surface area contributed by atoms with Gasteiger partial charge in [0.15, 0.2) is 18.9 Å². The van der Waals surface area contributed by atoms with Crippen LogP contribution >= 0.6 is 0 Å². The molecular formula is C34H53NO19. The van der Waals surface area contributed by atoms with Gasteiger partial charge in [-0.2, -0.15) is 0 Å². The highest BCUT2D eigenvalue weighted by molar-refractivity contribution is 5.87. The van der Waals surface area contributed by atoms with Crippen molar-refractivity contribution in [3.8, 4) is 0 Å². The number of morpholine rings is 1. The van der Waals surface area contributed by atoms with Gasteiger partial charge in [0.1, 0.15) is 73.2 Å². The summed E-state index contributed by atoms with van der Waals surface area (Å²) in [4.78, 5) is 13.1. The fourth-order valence-electron chi connectivity index (χ4n) is 7.05. The van der Waals surface area contributed by atoms with Crippen LogP contribution in [0.1, 0.15) is 29.8 Å². The van der Waals surface area contributed by atoms with Crippen molar-refractivity contribution in [3.63, 3.8) is 0 Å². The molecule has 4 fully saturated rings. The lowest BCUT2D eigenvalue weighted by Crippen LogP contribution is -2.65. The molecule has 4 aliphatic rings. The Morgan fingerprint density at radius 3 is 1.93 bits per heavy atom. The second-order valence-corrected chi connectivity index (χ2v) is 14.4. The fraction of sp³-hybridized carbons (Fsp3) is 0.794.